The molecule has 0 saturated carbocycles. The number of hydrogen-bond acceptors (Lipinski definition) is 4. The normalized spacial score (nSPS) is 11.6. The van der Waals surface area contributed by atoms with Crippen molar-refractivity contribution >= 4 is 21.4 Å². The van der Waals surface area contributed by atoms with Gasteiger partial charge in [0, 0.05) is 34.8 Å². The third kappa shape index (κ3) is 3.18. The fourth-order valence-electron chi connectivity index (χ4n) is 2.65. The van der Waals surface area contributed by atoms with Crippen LogP contribution in [0.4, 0.5) is 0 Å². The molecule has 4 heteroatoms. The van der Waals surface area contributed by atoms with Crippen molar-refractivity contribution in [3.8, 4) is 0 Å². The first-order valence-electron chi connectivity index (χ1n) is 7.11. The molecule has 0 amide bonds. The van der Waals surface area contributed by atoms with Crippen molar-refractivity contribution in [1.29, 1.82) is 0 Å². The van der Waals surface area contributed by atoms with Gasteiger partial charge in [0.15, 0.2) is 0 Å². The van der Waals surface area contributed by atoms with E-state index in [0.29, 0.717) is 0 Å². The van der Waals surface area contributed by atoms with E-state index in [9.17, 15) is 0 Å². The molecule has 2 aromatic heterocycles. The van der Waals surface area contributed by atoms with Crippen LogP contribution in [0, 0.1) is 0 Å². The zero-order valence-electron chi connectivity index (χ0n) is 12.4. The van der Waals surface area contributed by atoms with Gasteiger partial charge in [-0.05, 0) is 37.2 Å². The number of fused-ring (bicyclic) bond motifs is 1. The van der Waals surface area contributed by atoms with Crippen molar-refractivity contribution < 1.29 is 4.42 Å². The Morgan fingerprint density at radius 1 is 1.19 bits per heavy atom. The Balaban J connectivity index is 1.85. The molecule has 0 atom stereocenters. The topological polar surface area (TPSA) is 28.4 Å². The average Bonchev–Trinajstić information content (AvgIpc) is 3.08. The molecular weight excluding hydrogens is 280 g/mol. The van der Waals surface area contributed by atoms with E-state index in [1.54, 1.807) is 6.26 Å². The molecule has 0 unspecified atom stereocenters. The van der Waals surface area contributed by atoms with Crippen LogP contribution in [0.25, 0.3) is 10.1 Å². The zero-order valence-corrected chi connectivity index (χ0v) is 13.2. The van der Waals surface area contributed by atoms with Gasteiger partial charge in [0.25, 0.3) is 0 Å². The summed E-state index contributed by atoms with van der Waals surface area (Å²) in [5.41, 5.74) is 2.66. The van der Waals surface area contributed by atoms with Crippen molar-refractivity contribution in [2.45, 2.75) is 19.6 Å². The van der Waals surface area contributed by atoms with Crippen molar-refractivity contribution in [1.82, 2.24) is 10.2 Å². The van der Waals surface area contributed by atoms with Crippen LogP contribution < -0.4 is 5.32 Å². The molecule has 1 N–H and O–H groups in total. The maximum atomic E-state index is 5.15. The quantitative estimate of drug-likeness (QED) is 0.749. The summed E-state index contributed by atoms with van der Waals surface area (Å²) >= 11 is 1.89. The average molecular weight is 300 g/mol. The number of rotatable bonds is 6. The predicted molar refractivity (Wildman–Crippen MR) is 88.5 cm³/mol. The van der Waals surface area contributed by atoms with E-state index in [0.717, 1.165) is 19.6 Å². The van der Waals surface area contributed by atoms with Gasteiger partial charge in [-0.3, -0.25) is 4.90 Å². The molecule has 0 aliphatic heterocycles. The highest BCUT2D eigenvalue weighted by molar-refractivity contribution is 7.19. The van der Waals surface area contributed by atoms with E-state index in [-0.39, 0.29) is 0 Å². The summed E-state index contributed by atoms with van der Waals surface area (Å²) in [5, 5.41) is 4.66. The second kappa shape index (κ2) is 6.43. The number of benzene rings is 1. The van der Waals surface area contributed by atoms with Gasteiger partial charge >= 0.3 is 0 Å². The molecule has 110 valence electrons. The first-order chi connectivity index (χ1) is 10.3. The van der Waals surface area contributed by atoms with E-state index < -0.39 is 0 Å². The molecule has 2 heterocycles. The Kier molecular flexibility index (Phi) is 4.39. The van der Waals surface area contributed by atoms with Gasteiger partial charge in [-0.2, -0.15) is 0 Å². The zero-order chi connectivity index (χ0) is 14.7. The molecular formula is C17H20N2OS. The minimum absolute atomic E-state index is 0.902. The van der Waals surface area contributed by atoms with E-state index in [4.69, 9.17) is 4.42 Å². The molecule has 0 spiro atoms. The minimum Gasteiger partial charge on any atom is -0.472 e. The highest BCUT2D eigenvalue weighted by Crippen LogP contribution is 2.32. The SMILES string of the molecule is CNCc1sc2ccccc2c1CN(C)Cc1ccoc1. The Morgan fingerprint density at radius 3 is 2.81 bits per heavy atom. The summed E-state index contributed by atoms with van der Waals surface area (Å²) in [6.45, 7) is 2.78. The highest BCUT2D eigenvalue weighted by Gasteiger charge is 2.13. The molecule has 1 aromatic carbocycles. The van der Waals surface area contributed by atoms with Gasteiger partial charge in [-0.1, -0.05) is 18.2 Å². The lowest BCUT2D eigenvalue weighted by atomic mass is 10.1. The molecule has 0 aliphatic carbocycles. The van der Waals surface area contributed by atoms with Crippen LogP contribution in [0.5, 0.6) is 0 Å². The summed E-state index contributed by atoms with van der Waals surface area (Å²) in [4.78, 5) is 3.76. The lowest BCUT2D eigenvalue weighted by molar-refractivity contribution is 0.318. The van der Waals surface area contributed by atoms with Crippen LogP contribution >= 0.6 is 11.3 Å². The van der Waals surface area contributed by atoms with Gasteiger partial charge in [0.05, 0.1) is 12.5 Å². The van der Waals surface area contributed by atoms with E-state index in [1.807, 2.05) is 30.7 Å². The summed E-state index contributed by atoms with van der Waals surface area (Å²) in [6, 6.07) is 10.7. The molecule has 3 nitrogen and oxygen atoms in total. The first kappa shape index (κ1) is 14.3. The summed E-state index contributed by atoms with van der Waals surface area (Å²) < 4.78 is 6.52. The predicted octanol–water partition coefficient (Wildman–Crippen LogP) is 3.85. The van der Waals surface area contributed by atoms with Crippen LogP contribution in [0.15, 0.2) is 47.3 Å². The molecule has 0 radical (unpaired) electrons. The van der Waals surface area contributed by atoms with Crippen LogP contribution in [0.3, 0.4) is 0 Å². The standard InChI is InChI=1S/C17H20N2OS/c1-18-9-17-15(14-5-3-4-6-16(14)21-17)11-19(2)10-13-7-8-20-12-13/h3-8,12,18H,9-11H2,1-2H3. The van der Waals surface area contributed by atoms with Crippen molar-refractivity contribution in [3.05, 3.63) is 58.9 Å². The van der Waals surface area contributed by atoms with Crippen molar-refractivity contribution in [2.24, 2.45) is 0 Å². The Bertz CT molecular complexity index is 703. The number of nitrogens with zero attached hydrogens (tertiary/aromatic N) is 1. The fraction of sp³-hybridized carbons (Fsp3) is 0.294. The summed E-state index contributed by atoms with van der Waals surface area (Å²) in [7, 11) is 4.16. The third-order valence-electron chi connectivity index (χ3n) is 3.58. The van der Waals surface area contributed by atoms with Crippen molar-refractivity contribution in [3.63, 3.8) is 0 Å². The number of hydrogen-bond donors (Lipinski definition) is 1. The molecule has 21 heavy (non-hydrogen) atoms. The van der Waals surface area contributed by atoms with Crippen LogP contribution in [0.1, 0.15) is 16.0 Å². The van der Waals surface area contributed by atoms with Gasteiger partial charge in [-0.25, -0.2) is 0 Å². The smallest absolute Gasteiger partial charge is 0.0947 e. The van der Waals surface area contributed by atoms with Crippen molar-refractivity contribution in [2.75, 3.05) is 14.1 Å². The number of nitrogens with one attached hydrogen (secondary N) is 1. The Labute approximate surface area is 129 Å². The molecule has 0 bridgehead atoms. The molecule has 0 aliphatic rings. The van der Waals surface area contributed by atoms with E-state index >= 15 is 0 Å². The first-order valence-corrected chi connectivity index (χ1v) is 7.93. The lowest BCUT2D eigenvalue weighted by Crippen LogP contribution is -2.18. The monoisotopic (exact) mass is 300 g/mol. The van der Waals surface area contributed by atoms with Crippen LogP contribution in [0.2, 0.25) is 0 Å². The van der Waals surface area contributed by atoms with E-state index in [2.05, 4.69) is 41.5 Å². The molecule has 3 aromatic rings. The van der Waals surface area contributed by atoms with Gasteiger partial charge in [0.2, 0.25) is 0 Å². The highest BCUT2D eigenvalue weighted by atomic mass is 32.1. The minimum atomic E-state index is 0.902. The molecule has 0 fully saturated rings. The van der Waals surface area contributed by atoms with Gasteiger partial charge in [-0.15, -0.1) is 11.3 Å². The van der Waals surface area contributed by atoms with Gasteiger partial charge < -0.3 is 9.73 Å². The fourth-order valence-corrected chi connectivity index (χ4v) is 3.87. The molecule has 0 saturated heterocycles. The third-order valence-corrected chi connectivity index (χ3v) is 4.79. The maximum Gasteiger partial charge on any atom is 0.0947 e. The van der Waals surface area contributed by atoms with Crippen LogP contribution in [-0.2, 0) is 19.6 Å². The van der Waals surface area contributed by atoms with E-state index in [1.165, 1.54) is 26.1 Å². The summed E-state index contributed by atoms with van der Waals surface area (Å²) in [6.07, 6.45) is 3.55. The Morgan fingerprint density at radius 2 is 2.05 bits per heavy atom. The largest absolute Gasteiger partial charge is 0.472 e. The Hall–Kier alpha value is -1.62. The second-order valence-corrected chi connectivity index (χ2v) is 6.47. The second-order valence-electron chi connectivity index (χ2n) is 5.33. The maximum absolute atomic E-state index is 5.15. The van der Waals surface area contributed by atoms with Gasteiger partial charge in [0.1, 0.15) is 0 Å². The van der Waals surface area contributed by atoms with Crippen LogP contribution in [-0.4, -0.2) is 19.0 Å². The number of furan rings is 1. The lowest BCUT2D eigenvalue weighted by Gasteiger charge is -2.16. The summed E-state index contributed by atoms with van der Waals surface area (Å²) in [5.74, 6) is 0. The molecule has 3 rings (SSSR count). The number of thiophene rings is 1.